The van der Waals surface area contributed by atoms with Gasteiger partial charge in [-0.3, -0.25) is 0 Å². The third kappa shape index (κ3) is 3.11. The minimum absolute atomic E-state index is 0.278. The summed E-state index contributed by atoms with van der Waals surface area (Å²) in [7, 11) is 0. The summed E-state index contributed by atoms with van der Waals surface area (Å²) in [6, 6.07) is 3.68. The molecule has 0 spiro atoms. The minimum atomic E-state index is -4.32. The van der Waals surface area contributed by atoms with Gasteiger partial charge in [-0.2, -0.15) is 13.2 Å². The molecule has 0 unspecified atom stereocenters. The molecule has 1 aliphatic rings. The Hall–Kier alpha value is -1.56. The fourth-order valence-corrected chi connectivity index (χ4v) is 3.14. The lowest BCUT2D eigenvalue weighted by Gasteiger charge is -2.17. The molecule has 3 rings (SSSR count). The second-order valence-corrected chi connectivity index (χ2v) is 6.49. The molecule has 0 saturated carbocycles. The Labute approximate surface area is 127 Å². The number of aromatic nitrogens is 2. The minimum Gasteiger partial charge on any atom is -0.342 e. The van der Waals surface area contributed by atoms with E-state index in [9.17, 15) is 13.2 Å². The van der Waals surface area contributed by atoms with Crippen molar-refractivity contribution in [1.29, 1.82) is 0 Å². The van der Waals surface area contributed by atoms with Crippen molar-refractivity contribution in [3.8, 4) is 0 Å². The monoisotopic (exact) mass is 311 g/mol. The lowest BCUT2D eigenvalue weighted by Crippen LogP contribution is -2.25. The number of aromatic amines is 1. The fraction of sp³-hybridized carbons (Fsp3) is 0.562. The van der Waals surface area contributed by atoms with Gasteiger partial charge >= 0.3 is 6.18 Å². The zero-order chi connectivity index (χ0) is 15.9. The van der Waals surface area contributed by atoms with Gasteiger partial charge in [0.05, 0.1) is 16.6 Å². The van der Waals surface area contributed by atoms with Gasteiger partial charge in [0.1, 0.15) is 5.82 Å². The summed E-state index contributed by atoms with van der Waals surface area (Å²) in [4.78, 5) is 9.96. The van der Waals surface area contributed by atoms with E-state index in [1.54, 1.807) is 0 Å². The molecule has 1 fully saturated rings. The number of H-pyrrole nitrogens is 1. The smallest absolute Gasteiger partial charge is 0.342 e. The topological polar surface area (TPSA) is 31.9 Å². The number of nitrogens with zero attached hydrogens (tertiary/aromatic N) is 2. The van der Waals surface area contributed by atoms with Gasteiger partial charge in [-0.1, -0.05) is 13.8 Å². The average Bonchev–Trinajstić information content (AvgIpc) is 3.01. The van der Waals surface area contributed by atoms with Crippen LogP contribution in [-0.2, 0) is 6.18 Å². The van der Waals surface area contributed by atoms with E-state index in [-0.39, 0.29) is 5.92 Å². The molecule has 22 heavy (non-hydrogen) atoms. The molecule has 1 atom stereocenters. The predicted molar refractivity (Wildman–Crippen MR) is 79.7 cm³/mol. The second kappa shape index (κ2) is 5.57. The van der Waals surface area contributed by atoms with Gasteiger partial charge in [0.15, 0.2) is 0 Å². The quantitative estimate of drug-likeness (QED) is 0.928. The average molecular weight is 311 g/mol. The highest BCUT2D eigenvalue weighted by Gasteiger charge is 2.31. The Morgan fingerprint density at radius 2 is 2.14 bits per heavy atom. The van der Waals surface area contributed by atoms with Gasteiger partial charge in [0.2, 0.25) is 0 Å². The Kier molecular flexibility index (Phi) is 3.89. The lowest BCUT2D eigenvalue weighted by atomic mass is 10.1. The van der Waals surface area contributed by atoms with Crippen molar-refractivity contribution in [2.75, 3.05) is 19.6 Å². The normalized spacial score (nSPS) is 20.4. The third-order valence-electron chi connectivity index (χ3n) is 4.11. The van der Waals surface area contributed by atoms with E-state index < -0.39 is 11.7 Å². The van der Waals surface area contributed by atoms with E-state index in [4.69, 9.17) is 0 Å². The summed E-state index contributed by atoms with van der Waals surface area (Å²) in [5.74, 6) is 1.70. The maximum Gasteiger partial charge on any atom is 0.416 e. The van der Waals surface area contributed by atoms with Crippen molar-refractivity contribution >= 4 is 11.0 Å². The molecule has 6 heteroatoms. The van der Waals surface area contributed by atoms with E-state index in [1.165, 1.54) is 6.07 Å². The molecule has 2 aromatic rings. The first-order chi connectivity index (χ1) is 10.3. The number of fused-ring (bicyclic) bond motifs is 1. The maximum absolute atomic E-state index is 12.8. The van der Waals surface area contributed by atoms with Gasteiger partial charge in [-0.25, -0.2) is 4.98 Å². The number of hydrogen-bond donors (Lipinski definition) is 1. The number of likely N-dealkylation sites (tertiary alicyclic amines) is 1. The lowest BCUT2D eigenvalue weighted by molar-refractivity contribution is -0.137. The van der Waals surface area contributed by atoms with E-state index in [1.807, 2.05) is 0 Å². The summed E-state index contributed by atoms with van der Waals surface area (Å²) >= 11 is 0. The molecular formula is C16H20F3N3. The van der Waals surface area contributed by atoms with E-state index >= 15 is 0 Å². The van der Waals surface area contributed by atoms with Crippen LogP contribution in [0.4, 0.5) is 13.2 Å². The fourth-order valence-electron chi connectivity index (χ4n) is 3.14. The highest BCUT2D eigenvalue weighted by Crippen LogP contribution is 2.32. The molecule has 1 aromatic heterocycles. The molecular weight excluding hydrogens is 291 g/mol. The molecule has 2 heterocycles. The van der Waals surface area contributed by atoms with Crippen LogP contribution in [0, 0.1) is 5.92 Å². The molecule has 0 radical (unpaired) electrons. The van der Waals surface area contributed by atoms with Gasteiger partial charge < -0.3 is 9.88 Å². The van der Waals surface area contributed by atoms with Gasteiger partial charge in [-0.05, 0) is 37.1 Å². The molecule has 1 aliphatic heterocycles. The van der Waals surface area contributed by atoms with Gasteiger partial charge in [0, 0.05) is 19.0 Å². The SMILES string of the molecule is CC(C)CN1CC[C@H](c2nc3ccc(C(F)(F)F)cc3[nH]2)C1. The van der Waals surface area contributed by atoms with Crippen molar-refractivity contribution in [3.05, 3.63) is 29.6 Å². The van der Waals surface area contributed by atoms with Crippen molar-refractivity contribution < 1.29 is 13.2 Å². The Morgan fingerprint density at radius 1 is 1.36 bits per heavy atom. The van der Waals surface area contributed by atoms with Crippen molar-refractivity contribution in [3.63, 3.8) is 0 Å². The summed E-state index contributed by atoms with van der Waals surface area (Å²) in [6.07, 6.45) is -3.32. The largest absolute Gasteiger partial charge is 0.416 e. The highest BCUT2D eigenvalue weighted by atomic mass is 19.4. The van der Waals surface area contributed by atoms with Crippen molar-refractivity contribution in [2.24, 2.45) is 5.92 Å². The number of hydrogen-bond acceptors (Lipinski definition) is 2. The summed E-state index contributed by atoms with van der Waals surface area (Å²) < 4.78 is 38.3. The Bertz CT molecular complexity index is 660. The molecule has 120 valence electrons. The van der Waals surface area contributed by atoms with Crippen LogP contribution in [0.15, 0.2) is 18.2 Å². The van der Waals surface area contributed by atoms with Crippen molar-refractivity contribution in [2.45, 2.75) is 32.4 Å². The van der Waals surface area contributed by atoms with E-state index in [0.29, 0.717) is 17.0 Å². The van der Waals surface area contributed by atoms with Crippen LogP contribution < -0.4 is 0 Å². The van der Waals surface area contributed by atoms with Crippen molar-refractivity contribution in [1.82, 2.24) is 14.9 Å². The van der Waals surface area contributed by atoms with Crippen LogP contribution >= 0.6 is 0 Å². The summed E-state index contributed by atoms with van der Waals surface area (Å²) in [5.41, 5.74) is 0.431. The summed E-state index contributed by atoms with van der Waals surface area (Å²) in [5, 5.41) is 0. The van der Waals surface area contributed by atoms with Crippen LogP contribution in [0.1, 0.15) is 37.6 Å². The van der Waals surface area contributed by atoms with Gasteiger partial charge in [-0.15, -0.1) is 0 Å². The molecule has 0 aliphatic carbocycles. The molecule has 1 N–H and O–H groups in total. The molecule has 3 nitrogen and oxygen atoms in total. The highest BCUT2D eigenvalue weighted by molar-refractivity contribution is 5.76. The second-order valence-electron chi connectivity index (χ2n) is 6.49. The van der Waals surface area contributed by atoms with Gasteiger partial charge in [0.25, 0.3) is 0 Å². The summed E-state index contributed by atoms with van der Waals surface area (Å²) in [6.45, 7) is 7.37. The third-order valence-corrected chi connectivity index (χ3v) is 4.11. The molecule has 1 aromatic carbocycles. The first-order valence-corrected chi connectivity index (χ1v) is 7.62. The molecule has 1 saturated heterocycles. The number of benzene rings is 1. The zero-order valence-electron chi connectivity index (χ0n) is 12.7. The number of alkyl halides is 3. The number of imidazole rings is 1. The predicted octanol–water partition coefficient (Wildman–Crippen LogP) is 4.03. The first kappa shape index (κ1) is 15.3. The van der Waals surface area contributed by atoms with Crippen LogP contribution in [-0.4, -0.2) is 34.5 Å². The first-order valence-electron chi connectivity index (χ1n) is 7.62. The van der Waals surface area contributed by atoms with Crippen LogP contribution in [0.3, 0.4) is 0 Å². The zero-order valence-corrected chi connectivity index (χ0v) is 12.7. The van der Waals surface area contributed by atoms with Crippen LogP contribution in [0.25, 0.3) is 11.0 Å². The number of nitrogens with one attached hydrogen (secondary N) is 1. The number of rotatable bonds is 3. The Morgan fingerprint density at radius 3 is 2.82 bits per heavy atom. The molecule has 0 bridgehead atoms. The van der Waals surface area contributed by atoms with Crippen LogP contribution in [0.2, 0.25) is 0 Å². The maximum atomic E-state index is 12.8. The van der Waals surface area contributed by atoms with E-state index in [0.717, 1.165) is 44.0 Å². The molecule has 0 amide bonds. The Balaban J connectivity index is 1.81. The number of halogens is 3. The standard InChI is InChI=1S/C16H20F3N3/c1-10(2)8-22-6-5-11(9-22)15-20-13-4-3-12(16(17,18)19)7-14(13)21-15/h3-4,7,10-11H,5-6,8-9H2,1-2H3,(H,20,21)/t11-/m0/s1. The van der Waals surface area contributed by atoms with Crippen LogP contribution in [0.5, 0.6) is 0 Å². The van der Waals surface area contributed by atoms with E-state index in [2.05, 4.69) is 28.7 Å².